The molecule has 5 heterocycles. The van der Waals surface area contributed by atoms with Crippen LogP contribution < -0.4 is 4.90 Å². The molecule has 4 aromatic rings. The van der Waals surface area contributed by atoms with Gasteiger partial charge in [-0.05, 0) is 44.0 Å². The minimum Gasteiger partial charge on any atom is -0.353 e. The first-order chi connectivity index (χ1) is 16.2. The number of thiazole rings is 1. The number of hydrogen-bond donors (Lipinski definition) is 0. The number of aromatic nitrogens is 5. The fourth-order valence-corrected chi connectivity index (χ4v) is 4.99. The maximum Gasteiger partial charge on any atom is 0.266 e. The first kappa shape index (κ1) is 20.1. The van der Waals surface area contributed by atoms with E-state index in [1.165, 1.54) is 11.3 Å². The Hall–Kier alpha value is -3.53. The van der Waals surface area contributed by atoms with Crippen LogP contribution in [0.3, 0.4) is 0 Å². The fourth-order valence-electron chi connectivity index (χ4n) is 3.99. The molecule has 0 radical (unpaired) electrons. The molecule has 1 aliphatic carbocycles. The van der Waals surface area contributed by atoms with Crippen molar-refractivity contribution in [1.29, 1.82) is 0 Å². The molecule has 1 saturated carbocycles. The molecule has 1 saturated heterocycles. The normalized spacial score (nSPS) is 16.4. The smallest absolute Gasteiger partial charge is 0.266 e. The van der Waals surface area contributed by atoms with Gasteiger partial charge in [-0.15, -0.1) is 0 Å². The van der Waals surface area contributed by atoms with Gasteiger partial charge in [0.25, 0.3) is 5.91 Å². The first-order valence-electron chi connectivity index (χ1n) is 11.1. The first-order valence-corrected chi connectivity index (χ1v) is 11.9. The molecule has 2 fully saturated rings. The number of carbonyl (C=O) groups excluding carboxylic acids is 1. The summed E-state index contributed by atoms with van der Waals surface area (Å²) in [4.78, 5) is 31.6. The third kappa shape index (κ3) is 3.91. The molecule has 2 aliphatic rings. The topological polar surface area (TPSA) is 93.2 Å². The molecule has 6 rings (SSSR count). The highest BCUT2D eigenvalue weighted by atomic mass is 32.1. The Labute approximate surface area is 194 Å². The highest BCUT2D eigenvalue weighted by Gasteiger charge is 2.30. The zero-order valence-corrected chi connectivity index (χ0v) is 19.0. The van der Waals surface area contributed by atoms with Crippen molar-refractivity contribution < 1.29 is 9.32 Å². The molecule has 1 amide bonds. The van der Waals surface area contributed by atoms with Crippen molar-refractivity contribution in [2.45, 2.75) is 25.7 Å². The summed E-state index contributed by atoms with van der Waals surface area (Å²) in [5.41, 5.74) is 1.63. The largest absolute Gasteiger partial charge is 0.353 e. The standard InChI is InChI=1S/C23H23N7O2S/c1-15-19(33-23(25-15)30-8-2-3-9-30)22(31)29-12-10-28(11-13-29)18-7-6-17(14-24-18)20-26-21(32-27-20)16-4-5-16/h2-3,6-9,14,16H,4-5,10-13H2,1H3. The molecule has 9 nitrogen and oxygen atoms in total. The van der Waals surface area contributed by atoms with Crippen LogP contribution in [0.5, 0.6) is 0 Å². The van der Waals surface area contributed by atoms with E-state index >= 15 is 0 Å². The second-order valence-corrected chi connectivity index (χ2v) is 9.39. The number of aryl methyl sites for hydroxylation is 1. The monoisotopic (exact) mass is 461 g/mol. The van der Waals surface area contributed by atoms with Gasteiger partial charge < -0.3 is 18.9 Å². The highest BCUT2D eigenvalue weighted by molar-refractivity contribution is 7.16. The second kappa shape index (κ2) is 8.11. The summed E-state index contributed by atoms with van der Waals surface area (Å²) in [6.45, 7) is 4.65. The molecule has 0 unspecified atom stereocenters. The van der Waals surface area contributed by atoms with Gasteiger partial charge in [0, 0.05) is 56.3 Å². The molecular formula is C23H23N7O2S. The van der Waals surface area contributed by atoms with E-state index in [1.807, 2.05) is 53.0 Å². The molecule has 33 heavy (non-hydrogen) atoms. The minimum atomic E-state index is 0.0509. The molecule has 0 bridgehead atoms. The lowest BCUT2D eigenvalue weighted by molar-refractivity contribution is 0.0750. The van der Waals surface area contributed by atoms with Crippen molar-refractivity contribution in [2.24, 2.45) is 0 Å². The van der Waals surface area contributed by atoms with Crippen molar-refractivity contribution in [3.8, 4) is 16.5 Å². The van der Waals surface area contributed by atoms with Crippen LogP contribution in [-0.4, -0.2) is 61.7 Å². The van der Waals surface area contributed by atoms with Crippen LogP contribution in [-0.2, 0) is 0 Å². The summed E-state index contributed by atoms with van der Waals surface area (Å²) in [6, 6.07) is 7.86. The molecule has 0 N–H and O–H groups in total. The lowest BCUT2D eigenvalue weighted by atomic mass is 10.2. The Bertz CT molecular complexity index is 1270. The van der Waals surface area contributed by atoms with Crippen LogP contribution in [0, 0.1) is 6.92 Å². The van der Waals surface area contributed by atoms with E-state index in [-0.39, 0.29) is 5.91 Å². The Morgan fingerprint density at radius 3 is 2.58 bits per heavy atom. The Morgan fingerprint density at radius 1 is 1.09 bits per heavy atom. The predicted molar refractivity (Wildman–Crippen MR) is 124 cm³/mol. The van der Waals surface area contributed by atoms with Gasteiger partial charge in [-0.3, -0.25) is 4.79 Å². The van der Waals surface area contributed by atoms with Crippen LogP contribution in [0.2, 0.25) is 0 Å². The quantitative estimate of drug-likeness (QED) is 0.449. The van der Waals surface area contributed by atoms with Gasteiger partial charge in [0.05, 0.1) is 5.69 Å². The van der Waals surface area contributed by atoms with Gasteiger partial charge in [-0.25, -0.2) is 9.97 Å². The lowest BCUT2D eigenvalue weighted by Crippen LogP contribution is -2.49. The number of piperazine rings is 1. The van der Waals surface area contributed by atoms with E-state index in [1.54, 1.807) is 6.20 Å². The molecule has 0 atom stereocenters. The van der Waals surface area contributed by atoms with Crippen LogP contribution >= 0.6 is 11.3 Å². The van der Waals surface area contributed by atoms with Crippen LogP contribution in [0.25, 0.3) is 16.5 Å². The number of carbonyl (C=O) groups is 1. The van der Waals surface area contributed by atoms with Gasteiger partial charge in [-0.2, -0.15) is 4.98 Å². The van der Waals surface area contributed by atoms with Crippen LogP contribution in [0.4, 0.5) is 5.82 Å². The number of hydrogen-bond acceptors (Lipinski definition) is 8. The molecular weight excluding hydrogens is 438 g/mol. The minimum absolute atomic E-state index is 0.0509. The van der Waals surface area contributed by atoms with Crippen molar-refractivity contribution in [3.63, 3.8) is 0 Å². The van der Waals surface area contributed by atoms with Crippen molar-refractivity contribution >= 4 is 23.1 Å². The maximum atomic E-state index is 13.1. The van der Waals surface area contributed by atoms with Gasteiger partial charge in [0.1, 0.15) is 10.7 Å². The van der Waals surface area contributed by atoms with Gasteiger partial charge in [-0.1, -0.05) is 16.5 Å². The Balaban J connectivity index is 1.10. The van der Waals surface area contributed by atoms with Crippen LogP contribution in [0.15, 0.2) is 47.4 Å². The summed E-state index contributed by atoms with van der Waals surface area (Å²) >= 11 is 1.44. The summed E-state index contributed by atoms with van der Waals surface area (Å²) in [5.74, 6) is 2.69. The maximum absolute atomic E-state index is 13.1. The fraction of sp³-hybridized carbons (Fsp3) is 0.348. The Morgan fingerprint density at radius 2 is 1.88 bits per heavy atom. The van der Waals surface area contributed by atoms with E-state index in [4.69, 9.17) is 4.52 Å². The molecule has 168 valence electrons. The Kier molecular flexibility index (Phi) is 4.94. The summed E-state index contributed by atoms with van der Waals surface area (Å²) in [6.07, 6.45) is 7.93. The molecule has 1 aliphatic heterocycles. The van der Waals surface area contributed by atoms with Gasteiger partial charge >= 0.3 is 0 Å². The average Bonchev–Trinajstić information content (AvgIpc) is 3.23. The summed E-state index contributed by atoms with van der Waals surface area (Å²) in [5, 5.41) is 4.90. The zero-order chi connectivity index (χ0) is 22.4. The second-order valence-electron chi connectivity index (χ2n) is 8.42. The van der Waals surface area contributed by atoms with E-state index < -0.39 is 0 Å². The average molecular weight is 462 g/mol. The van der Waals surface area contributed by atoms with E-state index in [2.05, 4.69) is 25.0 Å². The number of nitrogens with zero attached hydrogens (tertiary/aromatic N) is 7. The summed E-state index contributed by atoms with van der Waals surface area (Å²) in [7, 11) is 0. The third-order valence-electron chi connectivity index (χ3n) is 6.07. The molecule has 0 aromatic carbocycles. The SMILES string of the molecule is Cc1nc(-n2cccc2)sc1C(=O)N1CCN(c2ccc(-c3noc(C4CC4)n3)cn2)CC1. The van der Waals surface area contributed by atoms with E-state index in [0.29, 0.717) is 29.7 Å². The third-order valence-corrected chi connectivity index (χ3v) is 7.23. The van der Waals surface area contributed by atoms with E-state index in [9.17, 15) is 4.79 Å². The van der Waals surface area contributed by atoms with Crippen molar-refractivity contribution in [2.75, 3.05) is 31.1 Å². The van der Waals surface area contributed by atoms with Crippen molar-refractivity contribution in [1.82, 2.24) is 29.6 Å². The molecule has 10 heteroatoms. The number of rotatable bonds is 5. The molecule has 4 aromatic heterocycles. The van der Waals surface area contributed by atoms with E-state index in [0.717, 1.165) is 54.0 Å². The van der Waals surface area contributed by atoms with Crippen molar-refractivity contribution in [3.05, 3.63) is 59.3 Å². The highest BCUT2D eigenvalue weighted by Crippen LogP contribution is 2.39. The number of amides is 1. The van der Waals surface area contributed by atoms with Gasteiger partial charge in [0.15, 0.2) is 5.13 Å². The predicted octanol–water partition coefficient (Wildman–Crippen LogP) is 3.53. The van der Waals surface area contributed by atoms with Crippen LogP contribution in [0.1, 0.15) is 40.0 Å². The lowest BCUT2D eigenvalue weighted by Gasteiger charge is -2.35. The summed E-state index contributed by atoms with van der Waals surface area (Å²) < 4.78 is 7.28. The number of anilines is 1. The zero-order valence-electron chi connectivity index (χ0n) is 18.2. The number of pyridine rings is 1. The molecule has 0 spiro atoms. The van der Waals surface area contributed by atoms with Gasteiger partial charge in [0.2, 0.25) is 11.7 Å².